The van der Waals surface area contributed by atoms with Crippen molar-refractivity contribution < 1.29 is 4.52 Å². The Morgan fingerprint density at radius 1 is 1.28 bits per heavy atom. The first-order valence-electron chi connectivity index (χ1n) is 5.63. The first-order chi connectivity index (χ1) is 8.68. The molecule has 18 heavy (non-hydrogen) atoms. The van der Waals surface area contributed by atoms with Gasteiger partial charge in [0, 0.05) is 21.9 Å². The zero-order valence-corrected chi connectivity index (χ0v) is 12.5. The van der Waals surface area contributed by atoms with Gasteiger partial charge in [-0.15, -0.1) is 0 Å². The van der Waals surface area contributed by atoms with Crippen LogP contribution in [0.1, 0.15) is 18.4 Å². The molecular formula is C13H10BrCl2NO. The Morgan fingerprint density at radius 2 is 1.94 bits per heavy atom. The van der Waals surface area contributed by atoms with Crippen molar-refractivity contribution in [2.45, 2.75) is 18.3 Å². The number of aromatic nitrogens is 1. The van der Waals surface area contributed by atoms with Crippen LogP contribution in [0.2, 0.25) is 10.0 Å². The third-order valence-corrected chi connectivity index (χ3v) is 5.15. The van der Waals surface area contributed by atoms with Crippen LogP contribution in [0, 0.1) is 0 Å². The van der Waals surface area contributed by atoms with Crippen LogP contribution < -0.4 is 0 Å². The lowest BCUT2D eigenvalue weighted by atomic mass is 9.96. The highest BCUT2D eigenvalue weighted by Gasteiger charge is 2.46. The summed E-state index contributed by atoms with van der Waals surface area (Å²) in [5, 5.41) is 6.20. The molecular weight excluding hydrogens is 337 g/mol. The second kappa shape index (κ2) is 4.55. The van der Waals surface area contributed by atoms with Gasteiger partial charge in [-0.1, -0.05) is 50.4 Å². The zero-order chi connectivity index (χ0) is 12.8. The maximum absolute atomic E-state index is 6.23. The van der Waals surface area contributed by atoms with Crippen molar-refractivity contribution in [2.24, 2.45) is 0 Å². The summed E-state index contributed by atoms with van der Waals surface area (Å²) in [6.07, 6.45) is 3.98. The van der Waals surface area contributed by atoms with Crippen LogP contribution >= 0.6 is 39.1 Å². The second-order valence-corrected chi connectivity index (χ2v) is 5.96. The van der Waals surface area contributed by atoms with E-state index >= 15 is 0 Å². The van der Waals surface area contributed by atoms with Crippen molar-refractivity contribution in [2.75, 3.05) is 5.33 Å². The van der Waals surface area contributed by atoms with Crippen LogP contribution in [0.5, 0.6) is 0 Å². The fraction of sp³-hybridized carbons (Fsp3) is 0.308. The highest BCUT2D eigenvalue weighted by Crippen LogP contribution is 2.53. The lowest BCUT2D eigenvalue weighted by Crippen LogP contribution is -2.08. The van der Waals surface area contributed by atoms with Gasteiger partial charge in [-0.05, 0) is 25.0 Å². The van der Waals surface area contributed by atoms with E-state index in [1.54, 1.807) is 6.26 Å². The Bertz CT molecular complexity index is 572. The zero-order valence-electron chi connectivity index (χ0n) is 9.42. The van der Waals surface area contributed by atoms with Gasteiger partial charge in [0.05, 0.1) is 10.0 Å². The van der Waals surface area contributed by atoms with Crippen LogP contribution in [-0.2, 0) is 5.41 Å². The van der Waals surface area contributed by atoms with Crippen molar-refractivity contribution in [1.82, 2.24) is 5.16 Å². The SMILES string of the molecule is Clc1cccc(Cl)c1-c1nocc1C1(CBr)CC1. The van der Waals surface area contributed by atoms with E-state index in [1.807, 2.05) is 18.2 Å². The summed E-state index contributed by atoms with van der Waals surface area (Å²) in [5.41, 5.74) is 2.76. The average Bonchev–Trinajstić information content (AvgIpc) is 3.01. The Kier molecular flexibility index (Phi) is 3.16. The molecule has 2 nitrogen and oxygen atoms in total. The Morgan fingerprint density at radius 3 is 2.50 bits per heavy atom. The van der Waals surface area contributed by atoms with Gasteiger partial charge >= 0.3 is 0 Å². The maximum atomic E-state index is 6.23. The molecule has 2 aromatic rings. The summed E-state index contributed by atoms with van der Waals surface area (Å²) in [5.74, 6) is 0. The predicted molar refractivity (Wildman–Crippen MR) is 76.7 cm³/mol. The number of nitrogens with zero attached hydrogens (tertiary/aromatic N) is 1. The standard InChI is InChI=1S/C13H10BrCl2NO/c14-7-13(4-5-13)8-6-18-17-12(8)11-9(15)2-1-3-10(11)16/h1-3,6H,4-5,7H2. The molecule has 0 saturated heterocycles. The van der Waals surface area contributed by atoms with Gasteiger partial charge in [0.15, 0.2) is 0 Å². The first-order valence-corrected chi connectivity index (χ1v) is 7.51. The number of alkyl halides is 1. The van der Waals surface area contributed by atoms with Crippen LogP contribution in [0.3, 0.4) is 0 Å². The Labute approximate surface area is 123 Å². The molecule has 1 saturated carbocycles. The van der Waals surface area contributed by atoms with E-state index < -0.39 is 0 Å². The summed E-state index contributed by atoms with van der Waals surface area (Å²) in [6, 6.07) is 5.45. The smallest absolute Gasteiger partial charge is 0.128 e. The summed E-state index contributed by atoms with van der Waals surface area (Å²) in [6.45, 7) is 0. The molecule has 0 aliphatic heterocycles. The van der Waals surface area contributed by atoms with Crippen LogP contribution in [0.15, 0.2) is 29.0 Å². The first kappa shape index (κ1) is 12.5. The summed E-state index contributed by atoms with van der Waals surface area (Å²) in [7, 11) is 0. The predicted octanol–water partition coefficient (Wildman–Crippen LogP) is 5.07. The van der Waals surface area contributed by atoms with Crippen molar-refractivity contribution in [1.29, 1.82) is 0 Å². The highest BCUT2D eigenvalue weighted by atomic mass is 79.9. The average molecular weight is 347 g/mol. The second-order valence-electron chi connectivity index (χ2n) is 4.59. The molecule has 1 aromatic heterocycles. The molecule has 0 N–H and O–H groups in total. The molecule has 0 spiro atoms. The van der Waals surface area contributed by atoms with Crippen LogP contribution in [0.25, 0.3) is 11.3 Å². The van der Waals surface area contributed by atoms with Gasteiger partial charge in [-0.2, -0.15) is 0 Å². The highest BCUT2D eigenvalue weighted by molar-refractivity contribution is 9.09. The van der Waals surface area contributed by atoms with Gasteiger partial charge in [-0.3, -0.25) is 0 Å². The molecule has 1 fully saturated rings. The van der Waals surface area contributed by atoms with Gasteiger partial charge in [0.2, 0.25) is 0 Å². The fourth-order valence-corrected chi connectivity index (χ4v) is 3.58. The van der Waals surface area contributed by atoms with E-state index in [4.69, 9.17) is 27.7 Å². The van der Waals surface area contributed by atoms with E-state index in [2.05, 4.69) is 21.1 Å². The minimum absolute atomic E-state index is 0.137. The van der Waals surface area contributed by atoms with Crippen LogP contribution in [-0.4, -0.2) is 10.5 Å². The largest absolute Gasteiger partial charge is 0.364 e. The number of hydrogen-bond donors (Lipinski definition) is 0. The maximum Gasteiger partial charge on any atom is 0.128 e. The molecule has 0 radical (unpaired) electrons. The number of benzene rings is 1. The normalized spacial score (nSPS) is 16.8. The summed E-state index contributed by atoms with van der Waals surface area (Å²) >= 11 is 16.0. The summed E-state index contributed by atoms with van der Waals surface area (Å²) in [4.78, 5) is 0. The van der Waals surface area contributed by atoms with Gasteiger partial charge in [-0.25, -0.2) is 0 Å². The number of rotatable bonds is 3. The number of halogens is 3. The van der Waals surface area contributed by atoms with Crippen molar-refractivity contribution in [3.05, 3.63) is 40.1 Å². The molecule has 1 heterocycles. The van der Waals surface area contributed by atoms with Crippen LogP contribution in [0.4, 0.5) is 0 Å². The lowest BCUT2D eigenvalue weighted by Gasteiger charge is -2.12. The molecule has 1 aliphatic rings. The monoisotopic (exact) mass is 345 g/mol. The van der Waals surface area contributed by atoms with Crippen molar-refractivity contribution in [3.8, 4) is 11.3 Å². The minimum Gasteiger partial charge on any atom is -0.364 e. The van der Waals surface area contributed by atoms with Gasteiger partial charge in [0.25, 0.3) is 0 Å². The third kappa shape index (κ3) is 1.89. The fourth-order valence-electron chi connectivity index (χ4n) is 2.14. The molecule has 1 aromatic carbocycles. The lowest BCUT2D eigenvalue weighted by molar-refractivity contribution is 0.420. The van der Waals surface area contributed by atoms with Crippen molar-refractivity contribution >= 4 is 39.1 Å². The minimum atomic E-state index is 0.137. The van der Waals surface area contributed by atoms with E-state index in [1.165, 1.54) is 0 Å². The summed E-state index contributed by atoms with van der Waals surface area (Å²) < 4.78 is 5.15. The molecule has 0 unspecified atom stereocenters. The van der Waals surface area contributed by atoms with Gasteiger partial charge in [0.1, 0.15) is 12.0 Å². The van der Waals surface area contributed by atoms with E-state index in [9.17, 15) is 0 Å². The molecule has 94 valence electrons. The van der Waals surface area contributed by atoms with E-state index in [0.29, 0.717) is 10.0 Å². The topological polar surface area (TPSA) is 26.0 Å². The molecule has 0 bridgehead atoms. The van der Waals surface area contributed by atoms with Crippen molar-refractivity contribution in [3.63, 3.8) is 0 Å². The Balaban J connectivity index is 2.17. The van der Waals surface area contributed by atoms with Gasteiger partial charge < -0.3 is 4.52 Å². The molecule has 5 heteroatoms. The third-order valence-electron chi connectivity index (χ3n) is 3.45. The van der Waals surface area contributed by atoms with E-state index in [-0.39, 0.29) is 5.41 Å². The molecule has 1 aliphatic carbocycles. The molecule has 0 amide bonds. The molecule has 0 atom stereocenters. The quantitative estimate of drug-likeness (QED) is 0.724. The Hall–Kier alpha value is -0.510. The van der Waals surface area contributed by atoms with E-state index in [0.717, 1.165) is 35.0 Å². The number of hydrogen-bond acceptors (Lipinski definition) is 2. The molecule has 3 rings (SSSR count).